The second-order valence-electron chi connectivity index (χ2n) is 10.1. The molecule has 3 aromatic rings. The number of anilines is 1. The van der Waals surface area contributed by atoms with Gasteiger partial charge in [0.25, 0.3) is 0 Å². The first kappa shape index (κ1) is 30.6. The zero-order chi connectivity index (χ0) is 28.6. The number of guanidine groups is 1. The van der Waals surface area contributed by atoms with Gasteiger partial charge in [-0.2, -0.15) is 0 Å². The largest absolute Gasteiger partial charge is 0.356 e. The molecule has 1 aromatic heterocycles. The number of rotatable bonds is 15. The Hall–Kier alpha value is -3.94. The molecule has 0 saturated heterocycles. The van der Waals surface area contributed by atoms with E-state index in [1.807, 2.05) is 67.6 Å². The number of para-hydroxylation sites is 1. The summed E-state index contributed by atoms with van der Waals surface area (Å²) in [5.74, 6) is 0.236. The number of nitrogens with one attached hydrogen (secondary N) is 4. The third-order valence-corrected chi connectivity index (χ3v) is 6.65. The maximum Gasteiger partial charge on any atom is 0.247 e. The number of aliphatic imine (C=N–C) groups is 1. The van der Waals surface area contributed by atoms with Crippen LogP contribution in [0.4, 0.5) is 5.69 Å². The van der Waals surface area contributed by atoms with Gasteiger partial charge >= 0.3 is 0 Å². The zero-order valence-electron chi connectivity index (χ0n) is 24.1. The predicted octanol–water partition coefficient (Wildman–Crippen LogP) is 5.06. The molecule has 0 aliphatic heterocycles. The molecule has 0 aliphatic carbocycles. The van der Waals surface area contributed by atoms with Crippen LogP contribution in [0.5, 0.6) is 0 Å². The maximum atomic E-state index is 13.4. The minimum Gasteiger partial charge on any atom is -0.356 e. The fraction of sp³-hybridized carbons (Fsp3) is 0.438. The van der Waals surface area contributed by atoms with Crippen molar-refractivity contribution in [3.63, 3.8) is 0 Å². The van der Waals surface area contributed by atoms with Gasteiger partial charge in [0.1, 0.15) is 6.04 Å². The van der Waals surface area contributed by atoms with Crippen LogP contribution in [0.25, 0.3) is 10.9 Å². The molecule has 2 unspecified atom stereocenters. The number of nitrogens with zero attached hydrogens (tertiary/aromatic N) is 2. The van der Waals surface area contributed by atoms with Crippen LogP contribution < -0.4 is 21.3 Å². The Morgan fingerprint density at radius 1 is 0.900 bits per heavy atom. The van der Waals surface area contributed by atoms with Gasteiger partial charge in [-0.15, -0.1) is 0 Å². The number of hydrogen-bond donors (Lipinski definition) is 4. The molecule has 8 nitrogen and oxygen atoms in total. The molecule has 4 N–H and O–H groups in total. The average molecular weight is 545 g/mol. The summed E-state index contributed by atoms with van der Waals surface area (Å²) in [5.41, 5.74) is 2.60. The monoisotopic (exact) mass is 544 g/mol. The van der Waals surface area contributed by atoms with Crippen molar-refractivity contribution in [2.24, 2.45) is 10.9 Å². The molecular weight excluding hydrogens is 500 g/mol. The van der Waals surface area contributed by atoms with Gasteiger partial charge in [0.05, 0.1) is 17.4 Å². The summed E-state index contributed by atoms with van der Waals surface area (Å²) in [5, 5.41) is 13.6. The molecule has 1 heterocycles. The van der Waals surface area contributed by atoms with Crippen molar-refractivity contribution in [1.82, 2.24) is 20.9 Å². The van der Waals surface area contributed by atoms with Crippen LogP contribution in [0.1, 0.15) is 58.4 Å². The summed E-state index contributed by atoms with van der Waals surface area (Å²) >= 11 is 0. The first-order chi connectivity index (χ1) is 19.5. The van der Waals surface area contributed by atoms with E-state index >= 15 is 0 Å². The smallest absolute Gasteiger partial charge is 0.247 e. The molecule has 0 spiro atoms. The Labute approximate surface area is 238 Å². The number of aromatic nitrogens is 1. The Morgan fingerprint density at radius 2 is 1.65 bits per heavy atom. The molecule has 2 aromatic carbocycles. The molecule has 3 rings (SSSR count). The van der Waals surface area contributed by atoms with Crippen molar-refractivity contribution >= 4 is 34.4 Å². The van der Waals surface area contributed by atoms with E-state index in [1.54, 1.807) is 6.20 Å². The highest BCUT2D eigenvalue weighted by Crippen LogP contribution is 2.17. The highest BCUT2D eigenvalue weighted by Gasteiger charge is 2.23. The van der Waals surface area contributed by atoms with Gasteiger partial charge < -0.3 is 21.3 Å². The van der Waals surface area contributed by atoms with E-state index in [-0.39, 0.29) is 17.7 Å². The zero-order valence-corrected chi connectivity index (χ0v) is 24.1. The van der Waals surface area contributed by atoms with E-state index in [2.05, 4.69) is 45.1 Å². The highest BCUT2D eigenvalue weighted by atomic mass is 16.2. The Bertz CT molecular complexity index is 1230. The lowest BCUT2D eigenvalue weighted by molar-refractivity contribution is -0.129. The Kier molecular flexibility index (Phi) is 12.9. The number of amides is 2. The lowest BCUT2D eigenvalue weighted by Gasteiger charge is -2.21. The van der Waals surface area contributed by atoms with Crippen molar-refractivity contribution in [3.8, 4) is 0 Å². The standard InChI is InChI=1S/C32H44N6O2/c1-4-19-33-32(34-20-5-2)35-21-11-12-24(3)30(39)38-29(18-17-25-13-7-6-8-14-25)31(40)37-27-22-26-15-9-10-16-28(26)36-23-27/h6-10,13-16,22-24,29H,4-5,11-12,17-21H2,1-3H3,(H,37,40)(H,38,39)(H2,33,34,35). The summed E-state index contributed by atoms with van der Waals surface area (Å²) in [7, 11) is 0. The molecule has 0 aliphatic rings. The van der Waals surface area contributed by atoms with Crippen molar-refractivity contribution in [1.29, 1.82) is 0 Å². The van der Waals surface area contributed by atoms with E-state index < -0.39 is 6.04 Å². The molecule has 8 heteroatoms. The fourth-order valence-electron chi connectivity index (χ4n) is 4.29. The summed E-state index contributed by atoms with van der Waals surface area (Å²) < 4.78 is 0. The second kappa shape index (κ2) is 16.9. The van der Waals surface area contributed by atoms with Crippen molar-refractivity contribution < 1.29 is 9.59 Å². The summed E-state index contributed by atoms with van der Waals surface area (Å²) in [6.07, 6.45) is 6.37. The van der Waals surface area contributed by atoms with Gasteiger partial charge in [-0.25, -0.2) is 0 Å². The number of aryl methyl sites for hydroxylation is 1. The molecule has 0 fully saturated rings. The topological polar surface area (TPSA) is 108 Å². The Balaban J connectivity index is 1.57. The molecule has 214 valence electrons. The molecule has 0 bridgehead atoms. The van der Waals surface area contributed by atoms with Crippen LogP contribution in [0.2, 0.25) is 0 Å². The van der Waals surface area contributed by atoms with Crippen LogP contribution in [-0.2, 0) is 16.0 Å². The minimum atomic E-state index is -0.661. The van der Waals surface area contributed by atoms with Crippen molar-refractivity contribution in [3.05, 3.63) is 72.4 Å². The lowest BCUT2D eigenvalue weighted by atomic mass is 10.0. The molecule has 40 heavy (non-hydrogen) atoms. The van der Waals surface area contributed by atoms with Gasteiger partial charge in [-0.3, -0.25) is 19.6 Å². The number of hydrogen-bond acceptors (Lipinski definition) is 4. The van der Waals surface area contributed by atoms with Crippen LogP contribution in [-0.4, -0.2) is 48.4 Å². The van der Waals surface area contributed by atoms with E-state index in [4.69, 9.17) is 0 Å². The molecule has 0 radical (unpaired) electrons. The Morgan fingerprint density at radius 3 is 2.42 bits per heavy atom. The van der Waals surface area contributed by atoms with E-state index in [9.17, 15) is 9.59 Å². The van der Waals surface area contributed by atoms with Gasteiger partial charge in [0.2, 0.25) is 11.8 Å². The maximum absolute atomic E-state index is 13.4. The summed E-state index contributed by atoms with van der Waals surface area (Å²) in [4.78, 5) is 35.5. The van der Waals surface area contributed by atoms with Crippen LogP contribution in [0.15, 0.2) is 71.9 Å². The quantitative estimate of drug-likeness (QED) is 0.122. The third kappa shape index (κ3) is 10.3. The summed E-state index contributed by atoms with van der Waals surface area (Å²) in [6.45, 7) is 8.51. The normalized spacial score (nSPS) is 12.9. The third-order valence-electron chi connectivity index (χ3n) is 6.65. The highest BCUT2D eigenvalue weighted by molar-refractivity contribution is 5.98. The van der Waals surface area contributed by atoms with Crippen molar-refractivity contribution in [2.75, 3.05) is 25.0 Å². The van der Waals surface area contributed by atoms with Crippen LogP contribution in [0.3, 0.4) is 0 Å². The van der Waals surface area contributed by atoms with Crippen LogP contribution in [0, 0.1) is 5.92 Å². The molecule has 2 atom stereocenters. The summed E-state index contributed by atoms with van der Waals surface area (Å²) in [6, 6.07) is 19.0. The van der Waals surface area contributed by atoms with E-state index in [0.29, 0.717) is 24.9 Å². The number of fused-ring (bicyclic) bond motifs is 1. The lowest BCUT2D eigenvalue weighted by Crippen LogP contribution is -2.46. The van der Waals surface area contributed by atoms with Gasteiger partial charge in [-0.1, -0.05) is 69.3 Å². The number of carbonyl (C=O) groups is 2. The fourth-order valence-corrected chi connectivity index (χ4v) is 4.29. The molecular formula is C32H44N6O2. The van der Waals surface area contributed by atoms with Gasteiger partial charge in [0, 0.05) is 30.9 Å². The van der Waals surface area contributed by atoms with Crippen LogP contribution >= 0.6 is 0 Å². The first-order valence-electron chi connectivity index (χ1n) is 14.5. The molecule has 0 saturated carbocycles. The predicted molar refractivity (Wildman–Crippen MR) is 164 cm³/mol. The van der Waals surface area contributed by atoms with Gasteiger partial charge in [0.15, 0.2) is 5.96 Å². The van der Waals surface area contributed by atoms with E-state index in [1.165, 1.54) is 0 Å². The number of benzene rings is 2. The first-order valence-corrected chi connectivity index (χ1v) is 14.5. The minimum absolute atomic E-state index is 0.117. The van der Waals surface area contributed by atoms with E-state index in [0.717, 1.165) is 61.3 Å². The second-order valence-corrected chi connectivity index (χ2v) is 10.1. The SMILES string of the molecule is CCCN=C(NCCC)NCCCC(C)C(=O)NC(CCc1ccccc1)C(=O)Nc1cnc2ccccc2c1. The van der Waals surface area contributed by atoms with Crippen molar-refractivity contribution in [2.45, 2.75) is 65.3 Å². The number of carbonyl (C=O) groups excluding carboxylic acids is 2. The average Bonchev–Trinajstić information content (AvgIpc) is 2.98. The van der Waals surface area contributed by atoms with Gasteiger partial charge in [-0.05, 0) is 56.2 Å². The number of pyridine rings is 1. The molecule has 2 amide bonds.